The third-order valence-corrected chi connectivity index (χ3v) is 3.80. The molecule has 1 aliphatic heterocycles. The van der Waals surface area contributed by atoms with Gasteiger partial charge in [-0.05, 0) is 17.5 Å². The van der Waals surface area contributed by atoms with E-state index in [1.807, 2.05) is 12.1 Å². The Morgan fingerprint density at radius 1 is 1.35 bits per heavy atom. The number of hydrogen-bond acceptors (Lipinski definition) is 2. The molecule has 2 nitrogen and oxygen atoms in total. The van der Waals surface area contributed by atoms with E-state index in [1.165, 1.54) is 5.56 Å². The van der Waals surface area contributed by atoms with Crippen molar-refractivity contribution in [1.29, 1.82) is 0 Å². The van der Waals surface area contributed by atoms with Crippen LogP contribution in [0.4, 0.5) is 5.69 Å². The summed E-state index contributed by atoms with van der Waals surface area (Å²) < 4.78 is 0. The number of para-hydroxylation sites is 1. The smallest absolute Gasteiger partial charge is 0.155 e. The van der Waals surface area contributed by atoms with Crippen LogP contribution in [-0.4, -0.2) is 11.8 Å². The lowest BCUT2D eigenvalue weighted by atomic mass is 9.93. The van der Waals surface area contributed by atoms with Crippen LogP contribution in [0.25, 0.3) is 0 Å². The molecular weight excluding hydrogens is 210 g/mol. The molecule has 2 heteroatoms. The molecule has 0 bridgehead atoms. The lowest BCUT2D eigenvalue weighted by molar-refractivity contribution is -0.120. The monoisotopic (exact) mass is 231 g/mol. The van der Waals surface area contributed by atoms with E-state index in [2.05, 4.69) is 31.3 Å². The fourth-order valence-corrected chi connectivity index (χ4v) is 2.50. The maximum Gasteiger partial charge on any atom is 0.155 e. The molecule has 0 aromatic heterocycles. The zero-order chi connectivity index (χ0) is 12.3. The summed E-state index contributed by atoms with van der Waals surface area (Å²) in [6.45, 7) is 4.33. The highest BCUT2D eigenvalue weighted by Crippen LogP contribution is 2.27. The first-order valence-corrected chi connectivity index (χ1v) is 6.61. The molecule has 0 spiro atoms. The van der Waals surface area contributed by atoms with Crippen LogP contribution in [0, 0.1) is 5.92 Å². The molecule has 1 N–H and O–H groups in total. The lowest BCUT2D eigenvalue weighted by Gasteiger charge is -2.15. The van der Waals surface area contributed by atoms with E-state index in [0.29, 0.717) is 11.7 Å². The van der Waals surface area contributed by atoms with E-state index < -0.39 is 0 Å². The van der Waals surface area contributed by atoms with Gasteiger partial charge in [-0.3, -0.25) is 4.79 Å². The Labute approximate surface area is 103 Å². The molecule has 1 heterocycles. The Kier molecular flexibility index (Phi) is 3.82. The van der Waals surface area contributed by atoms with Crippen molar-refractivity contribution in [2.45, 2.75) is 45.6 Å². The molecule has 0 saturated heterocycles. The van der Waals surface area contributed by atoms with Gasteiger partial charge in [-0.25, -0.2) is 0 Å². The predicted molar refractivity (Wildman–Crippen MR) is 71.3 cm³/mol. The maximum absolute atomic E-state index is 12.2. The summed E-state index contributed by atoms with van der Waals surface area (Å²) in [5, 5.41) is 3.34. The average molecular weight is 231 g/mol. The minimum Gasteiger partial charge on any atom is -0.375 e. The quantitative estimate of drug-likeness (QED) is 0.841. The second kappa shape index (κ2) is 5.35. The van der Waals surface area contributed by atoms with Crippen molar-refractivity contribution in [2.75, 3.05) is 5.32 Å². The number of fused-ring (bicyclic) bond motifs is 1. The van der Waals surface area contributed by atoms with Crippen molar-refractivity contribution in [3.63, 3.8) is 0 Å². The fraction of sp³-hybridized carbons (Fsp3) is 0.533. The van der Waals surface area contributed by atoms with Gasteiger partial charge < -0.3 is 5.32 Å². The normalized spacial score (nSPS) is 17.9. The number of Topliss-reactive ketones (excluding diaryl/α,β-unsaturated/α-hetero) is 1. The van der Waals surface area contributed by atoms with E-state index >= 15 is 0 Å². The Morgan fingerprint density at radius 3 is 2.71 bits per heavy atom. The Morgan fingerprint density at radius 2 is 2.06 bits per heavy atom. The molecule has 0 saturated carbocycles. The van der Waals surface area contributed by atoms with Gasteiger partial charge in [0.05, 0.1) is 6.04 Å². The van der Waals surface area contributed by atoms with Gasteiger partial charge in [-0.1, -0.05) is 44.9 Å². The van der Waals surface area contributed by atoms with Crippen molar-refractivity contribution < 1.29 is 4.79 Å². The molecular formula is C15H21NO. The van der Waals surface area contributed by atoms with E-state index in [0.717, 1.165) is 31.4 Å². The van der Waals surface area contributed by atoms with Crippen LogP contribution in [0.15, 0.2) is 24.3 Å². The van der Waals surface area contributed by atoms with Gasteiger partial charge in [0, 0.05) is 18.5 Å². The standard InChI is InChI=1S/C15H21NO/c1-3-11(4-2)9-15(17)14-10-12-7-5-6-8-13(12)16-14/h5-8,11,14,16H,3-4,9-10H2,1-2H3. The number of anilines is 1. The summed E-state index contributed by atoms with van der Waals surface area (Å²) in [5.41, 5.74) is 2.41. The van der Waals surface area contributed by atoms with Crippen molar-refractivity contribution in [3.8, 4) is 0 Å². The molecule has 0 amide bonds. The van der Waals surface area contributed by atoms with E-state index in [4.69, 9.17) is 0 Å². The molecule has 1 atom stereocenters. The van der Waals surface area contributed by atoms with Crippen LogP contribution >= 0.6 is 0 Å². The van der Waals surface area contributed by atoms with Crippen LogP contribution in [0.5, 0.6) is 0 Å². The molecule has 17 heavy (non-hydrogen) atoms. The summed E-state index contributed by atoms with van der Waals surface area (Å²) in [5.74, 6) is 0.919. The number of nitrogens with one attached hydrogen (secondary N) is 1. The molecule has 92 valence electrons. The summed E-state index contributed by atoms with van der Waals surface area (Å²) in [6.07, 6.45) is 3.78. The number of carbonyl (C=O) groups is 1. The predicted octanol–water partition coefficient (Wildman–Crippen LogP) is 3.42. The van der Waals surface area contributed by atoms with Gasteiger partial charge in [0.1, 0.15) is 0 Å². The SMILES string of the molecule is CCC(CC)CC(=O)C1Cc2ccccc2N1. The molecule has 0 fully saturated rings. The zero-order valence-corrected chi connectivity index (χ0v) is 10.7. The molecule has 0 radical (unpaired) electrons. The van der Waals surface area contributed by atoms with Gasteiger partial charge >= 0.3 is 0 Å². The Bertz CT molecular complexity index is 371. The maximum atomic E-state index is 12.2. The molecule has 1 aromatic carbocycles. The Hall–Kier alpha value is -1.31. The first kappa shape index (κ1) is 12.2. The van der Waals surface area contributed by atoms with Gasteiger partial charge in [0.2, 0.25) is 0 Å². The first-order valence-electron chi connectivity index (χ1n) is 6.61. The average Bonchev–Trinajstić information content (AvgIpc) is 2.79. The van der Waals surface area contributed by atoms with Crippen LogP contribution in [0.3, 0.4) is 0 Å². The number of hydrogen-bond donors (Lipinski definition) is 1. The van der Waals surface area contributed by atoms with E-state index in [-0.39, 0.29) is 6.04 Å². The molecule has 1 aromatic rings. The van der Waals surface area contributed by atoms with Crippen LogP contribution in [-0.2, 0) is 11.2 Å². The van der Waals surface area contributed by atoms with Crippen molar-refractivity contribution in [3.05, 3.63) is 29.8 Å². The number of benzene rings is 1. The molecule has 0 aliphatic carbocycles. The largest absolute Gasteiger partial charge is 0.375 e. The van der Waals surface area contributed by atoms with Crippen LogP contribution < -0.4 is 5.32 Å². The van der Waals surface area contributed by atoms with Crippen LogP contribution in [0.1, 0.15) is 38.7 Å². The first-order chi connectivity index (χ1) is 8.24. The highest BCUT2D eigenvalue weighted by atomic mass is 16.1. The number of ketones is 1. The van der Waals surface area contributed by atoms with E-state index in [1.54, 1.807) is 0 Å². The lowest BCUT2D eigenvalue weighted by Crippen LogP contribution is -2.28. The molecule has 2 rings (SSSR count). The summed E-state index contributed by atoms with van der Waals surface area (Å²) in [6, 6.07) is 8.22. The van der Waals surface area contributed by atoms with Crippen molar-refractivity contribution in [2.24, 2.45) is 5.92 Å². The highest BCUT2D eigenvalue weighted by molar-refractivity contribution is 5.89. The summed E-state index contributed by atoms with van der Waals surface area (Å²) >= 11 is 0. The van der Waals surface area contributed by atoms with Gasteiger partial charge in [-0.2, -0.15) is 0 Å². The van der Waals surface area contributed by atoms with Crippen molar-refractivity contribution in [1.82, 2.24) is 0 Å². The molecule has 1 aliphatic rings. The highest BCUT2D eigenvalue weighted by Gasteiger charge is 2.26. The second-order valence-corrected chi connectivity index (χ2v) is 4.91. The number of carbonyl (C=O) groups excluding carboxylic acids is 1. The Balaban J connectivity index is 1.96. The topological polar surface area (TPSA) is 29.1 Å². The van der Waals surface area contributed by atoms with Crippen molar-refractivity contribution >= 4 is 11.5 Å². The van der Waals surface area contributed by atoms with Gasteiger partial charge in [-0.15, -0.1) is 0 Å². The third-order valence-electron chi connectivity index (χ3n) is 3.80. The minimum absolute atomic E-state index is 0.00741. The fourth-order valence-electron chi connectivity index (χ4n) is 2.50. The second-order valence-electron chi connectivity index (χ2n) is 4.91. The van der Waals surface area contributed by atoms with Crippen LogP contribution in [0.2, 0.25) is 0 Å². The van der Waals surface area contributed by atoms with E-state index in [9.17, 15) is 4.79 Å². The third kappa shape index (κ3) is 2.68. The summed E-state index contributed by atoms with van der Waals surface area (Å²) in [4.78, 5) is 12.2. The summed E-state index contributed by atoms with van der Waals surface area (Å²) in [7, 11) is 0. The van der Waals surface area contributed by atoms with Gasteiger partial charge in [0.25, 0.3) is 0 Å². The minimum atomic E-state index is 0.00741. The zero-order valence-electron chi connectivity index (χ0n) is 10.7. The molecule has 1 unspecified atom stereocenters. The van der Waals surface area contributed by atoms with Gasteiger partial charge in [0.15, 0.2) is 5.78 Å². The number of rotatable bonds is 5.